The minimum absolute atomic E-state index is 0.0585. The molecule has 0 amide bonds. The van der Waals surface area contributed by atoms with Gasteiger partial charge in [0.15, 0.2) is 10.9 Å². The van der Waals surface area contributed by atoms with E-state index in [0.717, 1.165) is 22.1 Å². The molecule has 0 bridgehead atoms. The second kappa shape index (κ2) is 8.18. The van der Waals surface area contributed by atoms with Gasteiger partial charge in [0.1, 0.15) is 12.3 Å². The Morgan fingerprint density at radius 1 is 1.23 bits per heavy atom. The lowest BCUT2D eigenvalue weighted by Crippen LogP contribution is -2.09. The SMILES string of the molecule is CSc1nc(C)c(CCC(=O)OCc2cc(-c3ccco3)on2)c(C)n1. The van der Waals surface area contributed by atoms with E-state index in [9.17, 15) is 4.79 Å². The molecule has 0 aliphatic rings. The summed E-state index contributed by atoms with van der Waals surface area (Å²) in [4.78, 5) is 20.9. The minimum Gasteiger partial charge on any atom is -0.461 e. The number of carbonyl (C=O) groups is 1. The summed E-state index contributed by atoms with van der Waals surface area (Å²) in [6, 6.07) is 5.22. The van der Waals surface area contributed by atoms with Gasteiger partial charge in [0, 0.05) is 23.9 Å². The first-order chi connectivity index (χ1) is 12.6. The van der Waals surface area contributed by atoms with Crippen molar-refractivity contribution < 1.29 is 18.5 Å². The van der Waals surface area contributed by atoms with Crippen molar-refractivity contribution in [2.75, 3.05) is 6.26 Å². The molecule has 3 rings (SSSR count). The third-order valence-corrected chi connectivity index (χ3v) is 4.41. The topological polar surface area (TPSA) is 91.2 Å². The molecular weight excluding hydrogens is 354 g/mol. The van der Waals surface area contributed by atoms with Crippen LogP contribution in [0.4, 0.5) is 0 Å². The summed E-state index contributed by atoms with van der Waals surface area (Å²) in [5.41, 5.74) is 3.31. The van der Waals surface area contributed by atoms with E-state index in [4.69, 9.17) is 13.7 Å². The van der Waals surface area contributed by atoms with Crippen molar-refractivity contribution in [1.82, 2.24) is 15.1 Å². The maximum absolute atomic E-state index is 12.0. The number of aromatic nitrogens is 3. The molecule has 7 nitrogen and oxygen atoms in total. The summed E-state index contributed by atoms with van der Waals surface area (Å²) in [7, 11) is 0. The van der Waals surface area contributed by atoms with Crippen LogP contribution in [0.1, 0.15) is 29.1 Å². The van der Waals surface area contributed by atoms with Crippen molar-refractivity contribution in [1.29, 1.82) is 0 Å². The van der Waals surface area contributed by atoms with Gasteiger partial charge in [0.05, 0.1) is 6.26 Å². The molecule has 0 aromatic carbocycles. The fourth-order valence-corrected chi connectivity index (χ4v) is 2.99. The zero-order chi connectivity index (χ0) is 18.5. The van der Waals surface area contributed by atoms with E-state index in [-0.39, 0.29) is 19.0 Å². The molecule has 0 saturated carbocycles. The summed E-state index contributed by atoms with van der Waals surface area (Å²) < 4.78 is 15.7. The van der Waals surface area contributed by atoms with Gasteiger partial charge in [-0.05, 0) is 44.2 Å². The number of aryl methyl sites for hydroxylation is 2. The van der Waals surface area contributed by atoms with E-state index in [0.29, 0.717) is 23.6 Å². The van der Waals surface area contributed by atoms with Crippen LogP contribution in [0.15, 0.2) is 38.6 Å². The van der Waals surface area contributed by atoms with Gasteiger partial charge in [-0.2, -0.15) is 0 Å². The number of carbonyl (C=O) groups excluding carboxylic acids is 1. The van der Waals surface area contributed by atoms with E-state index in [1.54, 1.807) is 24.5 Å². The lowest BCUT2D eigenvalue weighted by molar-refractivity contribution is -0.145. The first-order valence-corrected chi connectivity index (χ1v) is 9.32. The molecule has 0 N–H and O–H groups in total. The normalized spacial score (nSPS) is 10.9. The molecule has 3 heterocycles. The minimum atomic E-state index is -0.305. The molecule has 26 heavy (non-hydrogen) atoms. The second-order valence-electron chi connectivity index (χ2n) is 5.68. The van der Waals surface area contributed by atoms with Crippen LogP contribution in [0.5, 0.6) is 0 Å². The van der Waals surface area contributed by atoms with Gasteiger partial charge in [-0.1, -0.05) is 16.9 Å². The Bertz CT molecular complexity index is 867. The van der Waals surface area contributed by atoms with E-state index in [1.807, 2.05) is 20.1 Å². The van der Waals surface area contributed by atoms with Crippen molar-refractivity contribution in [2.24, 2.45) is 0 Å². The number of furan rings is 1. The number of hydrogen-bond acceptors (Lipinski definition) is 8. The Labute approximate surface area is 155 Å². The van der Waals surface area contributed by atoms with Gasteiger partial charge >= 0.3 is 5.97 Å². The van der Waals surface area contributed by atoms with E-state index in [1.165, 1.54) is 11.8 Å². The molecule has 0 atom stereocenters. The van der Waals surface area contributed by atoms with Gasteiger partial charge < -0.3 is 13.7 Å². The van der Waals surface area contributed by atoms with Crippen LogP contribution in [0, 0.1) is 13.8 Å². The van der Waals surface area contributed by atoms with Crippen LogP contribution in [-0.2, 0) is 22.6 Å². The predicted octanol–water partition coefficient (Wildman–Crippen LogP) is 3.74. The quantitative estimate of drug-likeness (QED) is 0.351. The highest BCUT2D eigenvalue weighted by atomic mass is 32.2. The monoisotopic (exact) mass is 373 g/mol. The highest BCUT2D eigenvalue weighted by Crippen LogP contribution is 2.21. The molecule has 0 fully saturated rings. The predicted molar refractivity (Wildman–Crippen MR) is 95.6 cm³/mol. The largest absolute Gasteiger partial charge is 0.461 e. The first-order valence-electron chi connectivity index (χ1n) is 8.10. The maximum Gasteiger partial charge on any atom is 0.306 e. The summed E-state index contributed by atoms with van der Waals surface area (Å²) >= 11 is 1.50. The summed E-state index contributed by atoms with van der Waals surface area (Å²) in [5.74, 6) is 0.772. The number of hydrogen-bond donors (Lipinski definition) is 0. The van der Waals surface area contributed by atoms with Crippen molar-refractivity contribution in [2.45, 2.75) is 38.5 Å². The molecule has 0 aliphatic heterocycles. The smallest absolute Gasteiger partial charge is 0.306 e. The molecule has 3 aromatic rings. The maximum atomic E-state index is 12.0. The van der Waals surface area contributed by atoms with Crippen molar-refractivity contribution in [3.8, 4) is 11.5 Å². The average Bonchev–Trinajstić information content (AvgIpc) is 3.30. The van der Waals surface area contributed by atoms with Crippen molar-refractivity contribution in [3.05, 3.63) is 47.1 Å². The Morgan fingerprint density at radius 2 is 2.00 bits per heavy atom. The highest BCUT2D eigenvalue weighted by Gasteiger charge is 2.13. The number of nitrogens with zero attached hydrogens (tertiary/aromatic N) is 3. The molecule has 3 aromatic heterocycles. The van der Waals surface area contributed by atoms with E-state index < -0.39 is 0 Å². The van der Waals surface area contributed by atoms with Crippen LogP contribution in [0.25, 0.3) is 11.5 Å². The zero-order valence-corrected chi connectivity index (χ0v) is 15.6. The van der Waals surface area contributed by atoms with Gasteiger partial charge in [0.2, 0.25) is 5.76 Å². The molecule has 0 aliphatic carbocycles. The summed E-state index contributed by atoms with van der Waals surface area (Å²) in [6.07, 6.45) is 4.29. The molecule has 8 heteroatoms. The fraction of sp³-hybridized carbons (Fsp3) is 0.333. The van der Waals surface area contributed by atoms with Gasteiger partial charge in [0.25, 0.3) is 0 Å². The Morgan fingerprint density at radius 3 is 2.65 bits per heavy atom. The molecule has 0 spiro atoms. The van der Waals surface area contributed by atoms with Crippen LogP contribution < -0.4 is 0 Å². The lowest BCUT2D eigenvalue weighted by atomic mass is 10.1. The molecular formula is C18H19N3O4S. The van der Waals surface area contributed by atoms with Crippen LogP contribution in [0.3, 0.4) is 0 Å². The fourth-order valence-electron chi connectivity index (χ4n) is 2.53. The van der Waals surface area contributed by atoms with E-state index in [2.05, 4.69) is 15.1 Å². The Kier molecular flexibility index (Phi) is 5.72. The number of rotatable bonds is 7. The van der Waals surface area contributed by atoms with E-state index >= 15 is 0 Å². The molecule has 136 valence electrons. The number of esters is 1. The van der Waals surface area contributed by atoms with Crippen LogP contribution >= 0.6 is 11.8 Å². The summed E-state index contributed by atoms with van der Waals surface area (Å²) in [5, 5.41) is 4.62. The first kappa shape index (κ1) is 18.2. The molecule has 0 radical (unpaired) electrons. The second-order valence-corrected chi connectivity index (χ2v) is 6.45. The zero-order valence-electron chi connectivity index (χ0n) is 14.8. The average molecular weight is 373 g/mol. The number of ether oxygens (including phenoxy) is 1. The summed E-state index contributed by atoms with van der Waals surface area (Å²) in [6.45, 7) is 3.92. The highest BCUT2D eigenvalue weighted by molar-refractivity contribution is 7.98. The van der Waals surface area contributed by atoms with Gasteiger partial charge in [-0.3, -0.25) is 4.79 Å². The molecule has 0 unspecified atom stereocenters. The standard InChI is InChI=1S/C18H19N3O4S/c1-11-14(12(2)20-18(19-11)26-3)6-7-17(22)24-10-13-9-16(25-21-13)15-5-4-8-23-15/h4-5,8-9H,6-7,10H2,1-3H3. The third-order valence-electron chi connectivity index (χ3n) is 3.87. The van der Waals surface area contributed by atoms with Gasteiger partial charge in [-0.15, -0.1) is 0 Å². The van der Waals surface area contributed by atoms with Crippen LogP contribution in [0.2, 0.25) is 0 Å². The third kappa shape index (κ3) is 4.32. The van der Waals surface area contributed by atoms with Crippen molar-refractivity contribution in [3.63, 3.8) is 0 Å². The number of thioether (sulfide) groups is 1. The molecule has 0 saturated heterocycles. The van der Waals surface area contributed by atoms with Crippen molar-refractivity contribution >= 4 is 17.7 Å². The Balaban J connectivity index is 1.52. The van der Waals surface area contributed by atoms with Gasteiger partial charge in [-0.25, -0.2) is 9.97 Å². The Hall–Kier alpha value is -2.61. The lowest BCUT2D eigenvalue weighted by Gasteiger charge is -2.09. The van der Waals surface area contributed by atoms with Crippen LogP contribution in [-0.4, -0.2) is 27.3 Å².